The Morgan fingerprint density at radius 3 is 3.06 bits per heavy atom. The number of aromatic nitrogens is 4. The summed E-state index contributed by atoms with van der Waals surface area (Å²) in [6.07, 6.45) is 5.44. The normalized spacial score (nSPS) is 10.3. The van der Waals surface area contributed by atoms with Crippen LogP contribution < -0.4 is 5.32 Å². The molecule has 0 radical (unpaired) electrons. The average molecular weight is 310 g/mol. The van der Waals surface area contributed by atoms with Gasteiger partial charge in [0.2, 0.25) is 11.9 Å². The fourth-order valence-electron chi connectivity index (χ4n) is 1.37. The first-order valence-corrected chi connectivity index (χ1v) is 6.20. The van der Waals surface area contributed by atoms with Gasteiger partial charge in [-0.3, -0.25) is 14.8 Å². The average Bonchev–Trinajstić information content (AvgIpc) is 2.73. The molecule has 6 nitrogen and oxygen atoms in total. The summed E-state index contributed by atoms with van der Waals surface area (Å²) < 4.78 is 2.59. The predicted molar refractivity (Wildman–Crippen MR) is 69.9 cm³/mol. The van der Waals surface area contributed by atoms with Crippen molar-refractivity contribution in [1.82, 2.24) is 19.7 Å². The minimum Gasteiger partial charge on any atom is -0.294 e. The first-order valence-electron chi connectivity index (χ1n) is 5.41. The second-order valence-electron chi connectivity index (χ2n) is 3.74. The summed E-state index contributed by atoms with van der Waals surface area (Å²) in [5, 5.41) is 6.71. The molecular formula is C11H12BrN5O. The standard InChI is InChI=1S/C11H12BrN5O/c1-8-2-4-13-11(15-8)16-10(18)3-5-17-7-9(12)6-14-17/h2,4,6-7H,3,5H2,1H3,(H,13,15,16,18). The molecule has 2 rings (SSSR count). The SMILES string of the molecule is Cc1ccnc(NC(=O)CCn2cc(Br)cn2)n1. The molecule has 0 aliphatic rings. The highest BCUT2D eigenvalue weighted by Gasteiger charge is 2.05. The number of anilines is 1. The van der Waals surface area contributed by atoms with Crippen LogP contribution >= 0.6 is 15.9 Å². The monoisotopic (exact) mass is 309 g/mol. The van der Waals surface area contributed by atoms with Gasteiger partial charge in [-0.05, 0) is 28.9 Å². The number of hydrogen-bond donors (Lipinski definition) is 1. The van der Waals surface area contributed by atoms with Crippen LogP contribution in [0.2, 0.25) is 0 Å². The zero-order valence-corrected chi connectivity index (χ0v) is 11.4. The molecule has 1 amide bonds. The molecule has 2 aromatic heterocycles. The molecule has 0 aliphatic heterocycles. The fraction of sp³-hybridized carbons (Fsp3) is 0.273. The summed E-state index contributed by atoms with van der Waals surface area (Å²) in [6.45, 7) is 2.36. The Hall–Kier alpha value is -1.76. The third-order valence-corrected chi connectivity index (χ3v) is 2.63. The molecule has 0 saturated carbocycles. The smallest absolute Gasteiger partial charge is 0.229 e. The van der Waals surface area contributed by atoms with Crippen molar-refractivity contribution in [3.63, 3.8) is 0 Å². The summed E-state index contributed by atoms with van der Waals surface area (Å²) >= 11 is 3.30. The molecule has 94 valence electrons. The summed E-state index contributed by atoms with van der Waals surface area (Å²) in [6, 6.07) is 1.77. The van der Waals surface area contributed by atoms with Crippen LogP contribution in [0.25, 0.3) is 0 Å². The highest BCUT2D eigenvalue weighted by molar-refractivity contribution is 9.10. The van der Waals surface area contributed by atoms with E-state index in [1.54, 1.807) is 23.1 Å². The highest BCUT2D eigenvalue weighted by Crippen LogP contribution is 2.07. The molecule has 0 saturated heterocycles. The number of hydrogen-bond acceptors (Lipinski definition) is 4. The summed E-state index contributed by atoms with van der Waals surface area (Å²) in [7, 11) is 0. The van der Waals surface area contributed by atoms with Gasteiger partial charge in [-0.25, -0.2) is 9.97 Å². The number of amides is 1. The van der Waals surface area contributed by atoms with Gasteiger partial charge >= 0.3 is 0 Å². The quantitative estimate of drug-likeness (QED) is 0.934. The van der Waals surface area contributed by atoms with Gasteiger partial charge in [-0.1, -0.05) is 0 Å². The number of carbonyl (C=O) groups is 1. The van der Waals surface area contributed by atoms with Crippen molar-refractivity contribution in [2.24, 2.45) is 0 Å². The van der Waals surface area contributed by atoms with Crippen LogP contribution in [0.3, 0.4) is 0 Å². The number of aryl methyl sites for hydroxylation is 2. The van der Waals surface area contributed by atoms with Gasteiger partial charge in [-0.15, -0.1) is 0 Å². The fourth-order valence-corrected chi connectivity index (χ4v) is 1.70. The van der Waals surface area contributed by atoms with Gasteiger partial charge in [0.25, 0.3) is 0 Å². The van der Waals surface area contributed by atoms with Crippen LogP contribution in [-0.2, 0) is 11.3 Å². The summed E-state index contributed by atoms with van der Waals surface area (Å²) in [4.78, 5) is 19.7. The van der Waals surface area contributed by atoms with Crippen LogP contribution in [0.5, 0.6) is 0 Å². The van der Waals surface area contributed by atoms with Crippen LogP contribution in [0.1, 0.15) is 12.1 Å². The van der Waals surface area contributed by atoms with Gasteiger partial charge < -0.3 is 0 Å². The number of carbonyl (C=O) groups excluding carboxylic acids is 1. The van der Waals surface area contributed by atoms with Crippen molar-refractivity contribution in [2.75, 3.05) is 5.32 Å². The summed E-state index contributed by atoms with van der Waals surface area (Å²) in [5.74, 6) is 0.203. The Balaban J connectivity index is 1.85. The maximum absolute atomic E-state index is 11.7. The van der Waals surface area contributed by atoms with E-state index in [0.717, 1.165) is 10.2 Å². The molecule has 0 unspecified atom stereocenters. The van der Waals surface area contributed by atoms with Crippen molar-refractivity contribution in [3.8, 4) is 0 Å². The molecule has 1 N–H and O–H groups in total. The van der Waals surface area contributed by atoms with Crippen molar-refractivity contribution < 1.29 is 4.79 Å². The second kappa shape index (κ2) is 5.72. The third kappa shape index (κ3) is 3.63. The molecule has 2 aromatic rings. The molecule has 2 heterocycles. The number of halogens is 1. The minimum absolute atomic E-state index is 0.132. The molecule has 0 aromatic carbocycles. The lowest BCUT2D eigenvalue weighted by molar-refractivity contribution is -0.116. The van der Waals surface area contributed by atoms with E-state index in [-0.39, 0.29) is 5.91 Å². The zero-order chi connectivity index (χ0) is 13.0. The van der Waals surface area contributed by atoms with Crippen molar-refractivity contribution in [2.45, 2.75) is 19.9 Å². The Labute approximate surface area is 113 Å². The maximum atomic E-state index is 11.7. The van der Waals surface area contributed by atoms with E-state index in [1.807, 2.05) is 13.1 Å². The number of nitrogens with zero attached hydrogens (tertiary/aromatic N) is 4. The molecule has 7 heteroatoms. The summed E-state index contributed by atoms with van der Waals surface area (Å²) in [5.41, 5.74) is 0.816. The molecule has 0 bridgehead atoms. The van der Waals surface area contributed by atoms with Crippen molar-refractivity contribution in [1.29, 1.82) is 0 Å². The molecule has 0 aliphatic carbocycles. The van der Waals surface area contributed by atoms with E-state index in [2.05, 4.69) is 36.3 Å². The first kappa shape index (κ1) is 12.7. The van der Waals surface area contributed by atoms with Gasteiger partial charge in [0.15, 0.2) is 0 Å². The predicted octanol–water partition coefficient (Wildman–Crippen LogP) is 1.77. The Morgan fingerprint density at radius 1 is 1.56 bits per heavy atom. The topological polar surface area (TPSA) is 72.7 Å². The van der Waals surface area contributed by atoms with Gasteiger partial charge in [0.1, 0.15) is 0 Å². The lowest BCUT2D eigenvalue weighted by Gasteiger charge is -2.04. The van der Waals surface area contributed by atoms with Crippen molar-refractivity contribution >= 4 is 27.8 Å². The van der Waals surface area contributed by atoms with E-state index < -0.39 is 0 Å². The van der Waals surface area contributed by atoms with Gasteiger partial charge in [0.05, 0.1) is 10.7 Å². The molecule has 18 heavy (non-hydrogen) atoms. The van der Waals surface area contributed by atoms with Crippen LogP contribution in [0.4, 0.5) is 5.95 Å². The van der Waals surface area contributed by atoms with Crippen LogP contribution in [0.15, 0.2) is 29.1 Å². The van der Waals surface area contributed by atoms with Gasteiger partial charge in [0, 0.05) is 31.1 Å². The zero-order valence-electron chi connectivity index (χ0n) is 9.80. The Kier molecular flexibility index (Phi) is 4.03. The van der Waals surface area contributed by atoms with E-state index in [0.29, 0.717) is 18.9 Å². The lowest BCUT2D eigenvalue weighted by atomic mass is 10.4. The van der Waals surface area contributed by atoms with E-state index >= 15 is 0 Å². The lowest BCUT2D eigenvalue weighted by Crippen LogP contribution is -2.16. The van der Waals surface area contributed by atoms with E-state index in [4.69, 9.17) is 0 Å². The first-order chi connectivity index (χ1) is 8.63. The van der Waals surface area contributed by atoms with Crippen molar-refractivity contribution in [3.05, 3.63) is 34.8 Å². The van der Waals surface area contributed by atoms with Crippen LogP contribution in [0, 0.1) is 6.92 Å². The second-order valence-corrected chi connectivity index (χ2v) is 4.66. The molecular weight excluding hydrogens is 298 g/mol. The largest absolute Gasteiger partial charge is 0.294 e. The number of nitrogens with one attached hydrogen (secondary N) is 1. The Morgan fingerprint density at radius 2 is 2.39 bits per heavy atom. The highest BCUT2D eigenvalue weighted by atomic mass is 79.9. The van der Waals surface area contributed by atoms with Gasteiger partial charge in [-0.2, -0.15) is 5.10 Å². The van der Waals surface area contributed by atoms with E-state index in [1.165, 1.54) is 0 Å². The molecule has 0 fully saturated rings. The number of rotatable bonds is 4. The van der Waals surface area contributed by atoms with E-state index in [9.17, 15) is 4.79 Å². The molecule has 0 spiro atoms. The minimum atomic E-state index is -0.132. The third-order valence-electron chi connectivity index (χ3n) is 2.22. The Bertz CT molecular complexity index is 554. The van der Waals surface area contributed by atoms with Crippen LogP contribution in [-0.4, -0.2) is 25.7 Å². The molecule has 0 atom stereocenters. The maximum Gasteiger partial charge on any atom is 0.229 e.